The average Bonchev–Trinajstić information content (AvgIpc) is 2.18. The Morgan fingerprint density at radius 3 is 3.00 bits per heavy atom. The van der Waals surface area contributed by atoms with E-state index < -0.39 is 0 Å². The van der Waals surface area contributed by atoms with Crippen molar-refractivity contribution in [2.75, 3.05) is 25.6 Å². The Hall–Kier alpha value is -1.20. The van der Waals surface area contributed by atoms with Gasteiger partial charge in [-0.15, -0.1) is 0 Å². The van der Waals surface area contributed by atoms with E-state index in [0.717, 1.165) is 11.5 Å². The van der Waals surface area contributed by atoms with E-state index in [4.69, 9.17) is 17.0 Å². The van der Waals surface area contributed by atoms with Crippen molar-refractivity contribution in [1.82, 2.24) is 10.3 Å². The number of methoxy groups -OCH3 is 1. The van der Waals surface area contributed by atoms with Gasteiger partial charge in [-0.25, -0.2) is 4.98 Å². The van der Waals surface area contributed by atoms with Gasteiger partial charge < -0.3 is 15.4 Å². The zero-order valence-corrected chi connectivity index (χ0v) is 9.73. The molecule has 0 bridgehead atoms. The molecule has 0 aliphatic heterocycles. The molecule has 1 aromatic rings. The van der Waals surface area contributed by atoms with Crippen LogP contribution in [0.2, 0.25) is 0 Å². The Morgan fingerprint density at radius 1 is 1.53 bits per heavy atom. The van der Waals surface area contributed by atoms with Crippen LogP contribution >= 0.6 is 12.2 Å². The molecule has 0 aromatic carbocycles. The Balaban J connectivity index is 2.37. The van der Waals surface area contributed by atoms with Crippen molar-refractivity contribution in [1.29, 1.82) is 0 Å². The number of ether oxygens (including phenoxy) is 1. The van der Waals surface area contributed by atoms with Gasteiger partial charge in [0, 0.05) is 19.3 Å². The van der Waals surface area contributed by atoms with Crippen molar-refractivity contribution in [3.63, 3.8) is 0 Å². The van der Waals surface area contributed by atoms with Crippen molar-refractivity contribution in [3.05, 3.63) is 23.9 Å². The number of pyridine rings is 1. The highest BCUT2D eigenvalue weighted by Gasteiger charge is 1.97. The number of aromatic nitrogens is 1. The van der Waals surface area contributed by atoms with Gasteiger partial charge in [0.2, 0.25) is 0 Å². The van der Waals surface area contributed by atoms with Crippen molar-refractivity contribution < 1.29 is 4.74 Å². The molecule has 1 rings (SSSR count). The molecule has 0 atom stereocenters. The van der Waals surface area contributed by atoms with E-state index in [-0.39, 0.29) is 0 Å². The van der Waals surface area contributed by atoms with Crippen molar-refractivity contribution in [2.45, 2.75) is 6.92 Å². The van der Waals surface area contributed by atoms with E-state index in [1.54, 1.807) is 7.11 Å². The van der Waals surface area contributed by atoms with Crippen LogP contribution in [0.3, 0.4) is 0 Å². The molecule has 1 heterocycles. The molecule has 2 N–H and O–H groups in total. The van der Waals surface area contributed by atoms with Gasteiger partial charge in [-0.2, -0.15) is 0 Å². The van der Waals surface area contributed by atoms with Crippen molar-refractivity contribution >= 4 is 23.1 Å². The number of nitrogens with zero attached hydrogens (tertiary/aromatic N) is 1. The minimum absolute atomic E-state index is 0.560. The van der Waals surface area contributed by atoms with E-state index in [1.807, 2.05) is 25.1 Å². The van der Waals surface area contributed by atoms with E-state index in [1.165, 1.54) is 0 Å². The Morgan fingerprint density at radius 2 is 2.33 bits per heavy atom. The Labute approximate surface area is 95.0 Å². The lowest BCUT2D eigenvalue weighted by Gasteiger charge is -2.09. The summed E-state index contributed by atoms with van der Waals surface area (Å²) in [4.78, 5) is 4.27. The van der Waals surface area contributed by atoms with Crippen LogP contribution in [0.15, 0.2) is 18.2 Å². The van der Waals surface area contributed by atoms with Crippen LogP contribution in [0.1, 0.15) is 5.69 Å². The molecule has 82 valence electrons. The number of rotatable bonds is 4. The monoisotopic (exact) mass is 225 g/mol. The van der Waals surface area contributed by atoms with E-state index in [2.05, 4.69) is 15.6 Å². The maximum Gasteiger partial charge on any atom is 0.172 e. The summed E-state index contributed by atoms with van der Waals surface area (Å²) in [5.74, 6) is 0.755. The standard InChI is InChI=1S/C10H15N3OS/c1-8-4-3-5-9(12-8)13-10(15)11-6-7-14-2/h3-5H,6-7H2,1-2H3,(H2,11,12,13,15). The highest BCUT2D eigenvalue weighted by molar-refractivity contribution is 7.80. The lowest BCUT2D eigenvalue weighted by Crippen LogP contribution is -2.31. The number of hydrogen-bond acceptors (Lipinski definition) is 3. The molecule has 0 fully saturated rings. The van der Waals surface area contributed by atoms with Crippen LogP contribution in [-0.4, -0.2) is 30.4 Å². The lowest BCUT2D eigenvalue weighted by molar-refractivity contribution is 0.204. The second kappa shape index (κ2) is 6.31. The molecule has 4 nitrogen and oxygen atoms in total. The highest BCUT2D eigenvalue weighted by atomic mass is 32.1. The van der Waals surface area contributed by atoms with E-state index >= 15 is 0 Å². The minimum atomic E-state index is 0.560. The molecule has 0 saturated heterocycles. The SMILES string of the molecule is COCCNC(=S)Nc1cccc(C)n1. The van der Waals surface area contributed by atoms with Crippen molar-refractivity contribution in [3.8, 4) is 0 Å². The number of nitrogens with one attached hydrogen (secondary N) is 2. The molecule has 5 heteroatoms. The second-order valence-electron chi connectivity index (χ2n) is 3.04. The fraction of sp³-hybridized carbons (Fsp3) is 0.400. The van der Waals surface area contributed by atoms with Crippen molar-refractivity contribution in [2.24, 2.45) is 0 Å². The quantitative estimate of drug-likeness (QED) is 0.598. The summed E-state index contributed by atoms with van der Waals surface area (Å²) in [6, 6.07) is 5.74. The van der Waals surface area contributed by atoms with Gasteiger partial charge >= 0.3 is 0 Å². The number of anilines is 1. The van der Waals surface area contributed by atoms with E-state index in [9.17, 15) is 0 Å². The molecule has 0 spiro atoms. The van der Waals surface area contributed by atoms with Gasteiger partial charge in [0.1, 0.15) is 5.82 Å². The number of thiocarbonyl (C=S) groups is 1. The van der Waals surface area contributed by atoms with Gasteiger partial charge in [0.25, 0.3) is 0 Å². The molecular weight excluding hydrogens is 210 g/mol. The van der Waals surface area contributed by atoms with Gasteiger partial charge in [-0.1, -0.05) is 6.07 Å². The summed E-state index contributed by atoms with van der Waals surface area (Å²) in [6.45, 7) is 3.25. The summed E-state index contributed by atoms with van der Waals surface area (Å²) in [7, 11) is 1.65. The normalized spacial score (nSPS) is 9.73. The largest absolute Gasteiger partial charge is 0.383 e. The zero-order chi connectivity index (χ0) is 11.1. The molecule has 15 heavy (non-hydrogen) atoms. The first-order valence-corrected chi connectivity index (χ1v) is 5.10. The molecule has 0 aliphatic carbocycles. The molecule has 1 aromatic heterocycles. The molecule has 0 saturated carbocycles. The van der Waals surface area contributed by atoms with E-state index in [0.29, 0.717) is 18.3 Å². The molecule has 0 radical (unpaired) electrons. The summed E-state index contributed by atoms with van der Waals surface area (Å²) in [6.07, 6.45) is 0. The predicted molar refractivity (Wildman–Crippen MR) is 65.1 cm³/mol. The first-order chi connectivity index (χ1) is 7.22. The van der Waals surface area contributed by atoms with Gasteiger partial charge in [-0.3, -0.25) is 0 Å². The van der Waals surface area contributed by atoms with Gasteiger partial charge in [0.05, 0.1) is 6.61 Å². The third-order valence-electron chi connectivity index (χ3n) is 1.72. The molecular formula is C10H15N3OS. The van der Waals surface area contributed by atoms with Crippen LogP contribution in [0.5, 0.6) is 0 Å². The summed E-state index contributed by atoms with van der Waals surface area (Å²) in [5.41, 5.74) is 0.958. The zero-order valence-electron chi connectivity index (χ0n) is 8.91. The Kier molecular flexibility index (Phi) is 5.00. The maximum absolute atomic E-state index is 5.07. The molecule has 0 amide bonds. The fourth-order valence-electron chi connectivity index (χ4n) is 1.04. The third-order valence-corrected chi connectivity index (χ3v) is 1.97. The van der Waals surface area contributed by atoms with Crippen LogP contribution in [-0.2, 0) is 4.74 Å². The summed E-state index contributed by atoms with van der Waals surface area (Å²) < 4.78 is 4.90. The lowest BCUT2D eigenvalue weighted by atomic mass is 10.4. The fourth-order valence-corrected chi connectivity index (χ4v) is 1.25. The average molecular weight is 225 g/mol. The predicted octanol–water partition coefficient (Wildman–Crippen LogP) is 1.32. The first kappa shape index (κ1) is 11.9. The highest BCUT2D eigenvalue weighted by Crippen LogP contribution is 2.02. The first-order valence-electron chi connectivity index (χ1n) is 4.70. The smallest absolute Gasteiger partial charge is 0.172 e. The van der Waals surface area contributed by atoms with Crippen LogP contribution in [0.4, 0.5) is 5.82 Å². The second-order valence-corrected chi connectivity index (χ2v) is 3.45. The third kappa shape index (κ3) is 4.71. The number of aryl methyl sites for hydroxylation is 1. The van der Waals surface area contributed by atoms with Crippen LogP contribution < -0.4 is 10.6 Å². The topological polar surface area (TPSA) is 46.2 Å². The minimum Gasteiger partial charge on any atom is -0.383 e. The Bertz CT molecular complexity index is 330. The van der Waals surface area contributed by atoms with Gasteiger partial charge in [0.15, 0.2) is 5.11 Å². The summed E-state index contributed by atoms with van der Waals surface area (Å²) >= 11 is 5.07. The van der Waals surface area contributed by atoms with Gasteiger partial charge in [-0.05, 0) is 31.3 Å². The summed E-state index contributed by atoms with van der Waals surface area (Å²) in [5, 5.41) is 6.56. The number of hydrogen-bond donors (Lipinski definition) is 2. The maximum atomic E-state index is 5.07. The molecule has 0 aliphatic rings. The molecule has 0 unspecified atom stereocenters. The van der Waals surface area contributed by atoms with Crippen LogP contribution in [0, 0.1) is 6.92 Å². The van der Waals surface area contributed by atoms with Crippen LogP contribution in [0.25, 0.3) is 0 Å².